The van der Waals surface area contributed by atoms with Crippen molar-refractivity contribution in [2.75, 3.05) is 12.4 Å². The smallest absolute Gasteiger partial charge is 0.252 e. The quantitative estimate of drug-likeness (QED) is 0.702. The highest BCUT2D eigenvalue weighted by molar-refractivity contribution is 5.98. The number of hydrogen-bond acceptors (Lipinski definition) is 4. The summed E-state index contributed by atoms with van der Waals surface area (Å²) in [7, 11) is 1.61. The Bertz CT molecular complexity index is 773. The van der Waals surface area contributed by atoms with Crippen LogP contribution in [0.25, 0.3) is 0 Å². The molecule has 1 fully saturated rings. The number of likely N-dealkylation sites (N-methyl/N-ethyl adjacent to an activating group) is 1. The maximum Gasteiger partial charge on any atom is 0.252 e. The van der Waals surface area contributed by atoms with Crippen molar-refractivity contribution in [3.8, 4) is 0 Å². The number of benzene rings is 1. The molecule has 0 unspecified atom stereocenters. The van der Waals surface area contributed by atoms with E-state index in [9.17, 15) is 9.59 Å². The van der Waals surface area contributed by atoms with Gasteiger partial charge in [-0.25, -0.2) is 0 Å². The summed E-state index contributed by atoms with van der Waals surface area (Å²) in [6.07, 6.45) is 8.79. The summed E-state index contributed by atoms with van der Waals surface area (Å²) in [6.45, 7) is 0. The summed E-state index contributed by atoms with van der Waals surface area (Å²) in [5, 5.41) is 8.83. The van der Waals surface area contributed by atoms with Gasteiger partial charge in [-0.05, 0) is 42.7 Å². The SMILES string of the molecule is CNC(=O)[C@H](CC1CCCC1)NC(=O)c1cccc(Nc2ccncc2)c1. The number of carbonyl (C=O) groups excluding carboxylic acids is 2. The average molecular weight is 366 g/mol. The molecule has 6 nitrogen and oxygen atoms in total. The van der Waals surface area contributed by atoms with Crippen LogP contribution in [0.2, 0.25) is 0 Å². The van der Waals surface area contributed by atoms with E-state index in [1.807, 2.05) is 24.3 Å². The first-order valence-corrected chi connectivity index (χ1v) is 9.45. The van der Waals surface area contributed by atoms with Gasteiger partial charge in [-0.2, -0.15) is 0 Å². The maximum absolute atomic E-state index is 12.7. The fourth-order valence-electron chi connectivity index (χ4n) is 3.57. The number of aromatic nitrogens is 1. The van der Waals surface area contributed by atoms with Crippen molar-refractivity contribution in [2.24, 2.45) is 5.92 Å². The average Bonchev–Trinajstić information content (AvgIpc) is 3.21. The van der Waals surface area contributed by atoms with Gasteiger partial charge in [-0.3, -0.25) is 14.6 Å². The minimum Gasteiger partial charge on any atom is -0.357 e. The van der Waals surface area contributed by atoms with E-state index in [0.29, 0.717) is 17.9 Å². The molecule has 2 aromatic rings. The van der Waals surface area contributed by atoms with Crippen molar-refractivity contribution in [1.29, 1.82) is 0 Å². The van der Waals surface area contributed by atoms with Crippen LogP contribution in [0.3, 0.4) is 0 Å². The van der Waals surface area contributed by atoms with Crippen molar-refractivity contribution < 1.29 is 9.59 Å². The Balaban J connectivity index is 1.67. The van der Waals surface area contributed by atoms with Gasteiger partial charge in [0.25, 0.3) is 5.91 Å². The summed E-state index contributed by atoms with van der Waals surface area (Å²) in [4.78, 5) is 28.9. The summed E-state index contributed by atoms with van der Waals surface area (Å²) >= 11 is 0. The molecule has 1 atom stereocenters. The second kappa shape index (κ2) is 9.16. The Kier molecular flexibility index (Phi) is 6.41. The second-order valence-electron chi connectivity index (χ2n) is 6.97. The predicted molar refractivity (Wildman–Crippen MR) is 106 cm³/mol. The van der Waals surface area contributed by atoms with Crippen molar-refractivity contribution in [3.05, 3.63) is 54.4 Å². The van der Waals surface area contributed by atoms with E-state index in [2.05, 4.69) is 20.9 Å². The molecule has 27 heavy (non-hydrogen) atoms. The zero-order valence-corrected chi connectivity index (χ0v) is 15.6. The zero-order valence-electron chi connectivity index (χ0n) is 15.6. The normalized spacial score (nSPS) is 15.1. The molecule has 1 aliphatic carbocycles. The van der Waals surface area contributed by atoms with Crippen molar-refractivity contribution >= 4 is 23.2 Å². The third-order valence-corrected chi connectivity index (χ3v) is 5.01. The van der Waals surface area contributed by atoms with Gasteiger partial charge in [-0.1, -0.05) is 31.7 Å². The van der Waals surface area contributed by atoms with E-state index in [1.165, 1.54) is 12.8 Å². The third kappa shape index (κ3) is 5.29. The van der Waals surface area contributed by atoms with Gasteiger partial charge in [0.2, 0.25) is 5.91 Å². The van der Waals surface area contributed by atoms with Crippen LogP contribution in [-0.2, 0) is 4.79 Å². The van der Waals surface area contributed by atoms with Crippen molar-refractivity contribution in [3.63, 3.8) is 0 Å². The lowest BCUT2D eigenvalue weighted by molar-refractivity contribution is -0.122. The first-order valence-electron chi connectivity index (χ1n) is 9.45. The molecular weight excluding hydrogens is 340 g/mol. The molecule has 3 rings (SSSR count). The van der Waals surface area contributed by atoms with Crippen LogP contribution in [-0.4, -0.2) is 29.9 Å². The number of nitrogens with zero attached hydrogens (tertiary/aromatic N) is 1. The Morgan fingerprint density at radius 2 is 1.85 bits per heavy atom. The van der Waals surface area contributed by atoms with E-state index >= 15 is 0 Å². The van der Waals surface area contributed by atoms with E-state index in [-0.39, 0.29) is 11.8 Å². The van der Waals surface area contributed by atoms with Crippen LogP contribution >= 0.6 is 0 Å². The Morgan fingerprint density at radius 1 is 1.11 bits per heavy atom. The Morgan fingerprint density at radius 3 is 2.56 bits per heavy atom. The highest BCUT2D eigenvalue weighted by Gasteiger charge is 2.26. The van der Waals surface area contributed by atoms with Crippen molar-refractivity contribution in [2.45, 2.75) is 38.1 Å². The first-order chi connectivity index (χ1) is 13.2. The van der Waals surface area contributed by atoms with Gasteiger partial charge in [0.15, 0.2) is 0 Å². The lowest BCUT2D eigenvalue weighted by atomic mass is 9.97. The molecule has 6 heteroatoms. The molecule has 142 valence electrons. The van der Waals surface area contributed by atoms with Gasteiger partial charge in [-0.15, -0.1) is 0 Å². The monoisotopic (exact) mass is 366 g/mol. The van der Waals surface area contributed by atoms with Gasteiger partial charge in [0.1, 0.15) is 6.04 Å². The standard InChI is InChI=1S/C21H26N4O2/c1-22-21(27)19(13-15-5-2-3-6-15)25-20(26)16-7-4-8-18(14-16)24-17-9-11-23-12-10-17/h4,7-12,14-15,19H,2-3,5-6,13H2,1H3,(H,22,27)(H,23,24)(H,25,26)/t19-/m0/s1. The number of amides is 2. The van der Waals surface area contributed by atoms with Crippen LogP contribution in [0.5, 0.6) is 0 Å². The van der Waals surface area contributed by atoms with Crippen LogP contribution in [0, 0.1) is 5.92 Å². The first kappa shape index (κ1) is 18.9. The molecule has 0 aliphatic heterocycles. The fourth-order valence-corrected chi connectivity index (χ4v) is 3.57. The molecule has 0 spiro atoms. The van der Waals surface area contributed by atoms with Crippen LogP contribution in [0.1, 0.15) is 42.5 Å². The zero-order chi connectivity index (χ0) is 19.1. The topological polar surface area (TPSA) is 83.1 Å². The summed E-state index contributed by atoms with van der Waals surface area (Å²) < 4.78 is 0. The lowest BCUT2D eigenvalue weighted by Crippen LogP contribution is -2.46. The fraction of sp³-hybridized carbons (Fsp3) is 0.381. The van der Waals surface area contributed by atoms with Gasteiger partial charge < -0.3 is 16.0 Å². The molecule has 0 radical (unpaired) electrons. The molecule has 0 saturated heterocycles. The van der Waals surface area contributed by atoms with Crippen LogP contribution in [0.15, 0.2) is 48.8 Å². The second-order valence-corrected chi connectivity index (χ2v) is 6.97. The van der Waals surface area contributed by atoms with Crippen LogP contribution in [0.4, 0.5) is 11.4 Å². The van der Waals surface area contributed by atoms with Crippen molar-refractivity contribution in [1.82, 2.24) is 15.6 Å². The summed E-state index contributed by atoms with van der Waals surface area (Å²) in [5.74, 6) is 0.133. The maximum atomic E-state index is 12.7. The van der Waals surface area contributed by atoms with E-state index in [0.717, 1.165) is 24.2 Å². The predicted octanol–water partition coefficient (Wildman–Crippen LogP) is 3.25. The summed E-state index contributed by atoms with van der Waals surface area (Å²) in [5.41, 5.74) is 2.22. The van der Waals surface area contributed by atoms with E-state index in [4.69, 9.17) is 0 Å². The minimum absolute atomic E-state index is 0.138. The molecule has 3 N–H and O–H groups in total. The largest absolute Gasteiger partial charge is 0.357 e. The highest BCUT2D eigenvalue weighted by atomic mass is 16.2. The van der Waals surface area contributed by atoms with E-state index in [1.54, 1.807) is 31.6 Å². The molecule has 1 saturated carbocycles. The Labute approximate surface area is 159 Å². The molecule has 2 amide bonds. The van der Waals surface area contributed by atoms with Crippen LogP contribution < -0.4 is 16.0 Å². The van der Waals surface area contributed by atoms with E-state index < -0.39 is 6.04 Å². The molecule has 1 heterocycles. The number of anilines is 2. The van der Waals surface area contributed by atoms with Gasteiger partial charge >= 0.3 is 0 Å². The molecular formula is C21H26N4O2. The lowest BCUT2D eigenvalue weighted by Gasteiger charge is -2.20. The number of carbonyl (C=O) groups is 2. The molecule has 1 aromatic carbocycles. The highest BCUT2D eigenvalue weighted by Crippen LogP contribution is 2.28. The molecule has 1 aliphatic rings. The third-order valence-electron chi connectivity index (χ3n) is 5.01. The number of hydrogen-bond donors (Lipinski definition) is 3. The number of pyridine rings is 1. The minimum atomic E-state index is -0.498. The molecule has 0 bridgehead atoms. The Hall–Kier alpha value is -2.89. The van der Waals surface area contributed by atoms with Gasteiger partial charge in [0.05, 0.1) is 0 Å². The van der Waals surface area contributed by atoms with Gasteiger partial charge in [0, 0.05) is 36.4 Å². The molecule has 1 aromatic heterocycles. The number of nitrogens with one attached hydrogen (secondary N) is 3. The summed E-state index contributed by atoms with van der Waals surface area (Å²) in [6, 6.07) is 10.5. The number of rotatable bonds is 7.